The average Bonchev–Trinajstić information content (AvgIpc) is 0.781. The molecule has 0 aromatic rings. The smallest absolute Gasteiger partial charge is 0.220 e. The highest BCUT2D eigenvalue weighted by molar-refractivity contribution is 5.76. The Morgan fingerprint density at radius 3 is 0.980 bits per heavy atom. The zero-order chi connectivity index (χ0) is 73.9. The summed E-state index contributed by atoms with van der Waals surface area (Å²) in [7, 11) is 0. The molecule has 3 saturated heterocycles. The molecule has 0 radical (unpaired) electrons. The molecule has 3 rings (SSSR count). The van der Waals surface area contributed by atoms with Crippen LogP contribution in [0.4, 0.5) is 0 Å². The summed E-state index contributed by atoms with van der Waals surface area (Å²) < 4.78 is 34.5. The standard InChI is InChI=1S/C83H153NO18/c1-3-5-7-9-11-13-15-17-19-21-23-25-27-29-31-32-33-34-35-37-39-41-43-45-47-49-51-53-55-57-59-61-71(89)84-66(67(88)60-58-56-54-52-50-48-46-44-42-40-38-36-30-28-26-24-22-20-18-16-14-12-10-8-6-4-2)65-97-81-77(95)74(92)79(69(63-86)99-81)102-83-78(96)75(93)80(70(64-87)100-83)101-82-76(94)73(91)72(90)68(62-85)98-82/h21,23,42,44,50,52,58,60,66-70,72-83,85-88,90-96H,3-20,22,24-41,43,45-49,51,53-57,59,61-65H2,1-2H3,(H,84,89)/b23-21-,44-42+,52-50+,60-58+. The van der Waals surface area contributed by atoms with E-state index in [1.54, 1.807) is 6.08 Å². The van der Waals surface area contributed by atoms with Gasteiger partial charge in [-0.2, -0.15) is 0 Å². The number of carbonyl (C=O) groups is 1. The van der Waals surface area contributed by atoms with Crippen LogP contribution in [-0.4, -0.2) is 193 Å². The van der Waals surface area contributed by atoms with E-state index in [0.29, 0.717) is 12.8 Å². The summed E-state index contributed by atoms with van der Waals surface area (Å²) in [4.78, 5) is 13.5. The van der Waals surface area contributed by atoms with Gasteiger partial charge in [0.05, 0.1) is 38.6 Å². The van der Waals surface area contributed by atoms with E-state index in [4.69, 9.17) is 28.4 Å². The first-order valence-corrected chi connectivity index (χ1v) is 41.9. The number of aliphatic hydroxyl groups excluding tert-OH is 11. The molecule has 17 atom stereocenters. The molecule has 3 aliphatic heterocycles. The fraction of sp³-hybridized carbons (Fsp3) is 0.892. The zero-order valence-electron chi connectivity index (χ0n) is 64.1. The molecular formula is C83H153NO18. The summed E-state index contributed by atoms with van der Waals surface area (Å²) in [6.45, 7) is 1.76. The summed E-state index contributed by atoms with van der Waals surface area (Å²) in [5.41, 5.74) is 0. The van der Waals surface area contributed by atoms with Crippen molar-refractivity contribution in [2.45, 2.75) is 446 Å². The minimum Gasteiger partial charge on any atom is -0.394 e. The molecule has 0 aromatic heterocycles. The molecule has 0 aliphatic carbocycles. The second-order valence-electron chi connectivity index (χ2n) is 29.9. The lowest BCUT2D eigenvalue weighted by Crippen LogP contribution is -2.66. The van der Waals surface area contributed by atoms with Crippen molar-refractivity contribution in [3.05, 3.63) is 48.6 Å². The first kappa shape index (κ1) is 94.0. The molecule has 19 heteroatoms. The Morgan fingerprint density at radius 1 is 0.343 bits per heavy atom. The molecule has 1 amide bonds. The van der Waals surface area contributed by atoms with Crippen LogP contribution >= 0.6 is 0 Å². The lowest BCUT2D eigenvalue weighted by molar-refractivity contribution is -0.379. The number of amides is 1. The van der Waals surface area contributed by atoms with Gasteiger partial charge in [-0.15, -0.1) is 0 Å². The van der Waals surface area contributed by atoms with Crippen LogP contribution in [0.1, 0.15) is 341 Å². The van der Waals surface area contributed by atoms with Crippen molar-refractivity contribution in [3.8, 4) is 0 Å². The maximum Gasteiger partial charge on any atom is 0.220 e. The lowest BCUT2D eigenvalue weighted by atomic mass is 9.96. The van der Waals surface area contributed by atoms with Crippen molar-refractivity contribution in [2.24, 2.45) is 0 Å². The van der Waals surface area contributed by atoms with E-state index in [0.717, 1.165) is 44.9 Å². The van der Waals surface area contributed by atoms with Gasteiger partial charge in [0.25, 0.3) is 0 Å². The summed E-state index contributed by atoms with van der Waals surface area (Å²) in [5, 5.41) is 121. The van der Waals surface area contributed by atoms with Gasteiger partial charge in [-0.25, -0.2) is 0 Å². The van der Waals surface area contributed by atoms with Crippen LogP contribution in [0.25, 0.3) is 0 Å². The molecule has 0 bridgehead atoms. The summed E-state index contributed by atoms with van der Waals surface area (Å²) in [6.07, 6.45) is 54.0. The normalized spacial score (nSPS) is 26.4. The number of unbranched alkanes of at least 4 members (excludes halogenated alkanes) is 45. The largest absolute Gasteiger partial charge is 0.394 e. The van der Waals surface area contributed by atoms with Crippen molar-refractivity contribution >= 4 is 5.91 Å². The quantitative estimate of drug-likeness (QED) is 0.0199. The number of ether oxygens (including phenoxy) is 6. The molecule has 102 heavy (non-hydrogen) atoms. The van der Waals surface area contributed by atoms with Crippen LogP contribution in [0.15, 0.2) is 48.6 Å². The molecule has 19 nitrogen and oxygen atoms in total. The van der Waals surface area contributed by atoms with Crippen molar-refractivity contribution < 1.29 is 89.4 Å². The molecule has 0 saturated carbocycles. The number of carbonyl (C=O) groups excluding carboxylic acids is 1. The Bertz CT molecular complexity index is 2030. The topological polar surface area (TPSA) is 307 Å². The molecule has 0 spiro atoms. The lowest BCUT2D eigenvalue weighted by Gasteiger charge is -2.48. The highest BCUT2D eigenvalue weighted by Gasteiger charge is 2.54. The Balaban J connectivity index is 1.37. The molecule has 3 fully saturated rings. The van der Waals surface area contributed by atoms with E-state index >= 15 is 0 Å². The maximum atomic E-state index is 13.5. The third-order valence-electron chi connectivity index (χ3n) is 20.8. The van der Waals surface area contributed by atoms with Crippen molar-refractivity contribution in [1.82, 2.24) is 5.32 Å². The van der Waals surface area contributed by atoms with Crippen LogP contribution in [0.5, 0.6) is 0 Å². The highest BCUT2D eigenvalue weighted by Crippen LogP contribution is 2.33. The number of aliphatic hydroxyl groups is 11. The van der Waals surface area contributed by atoms with Crippen LogP contribution in [0.3, 0.4) is 0 Å². The fourth-order valence-corrected chi connectivity index (χ4v) is 14.1. The summed E-state index contributed by atoms with van der Waals surface area (Å²) >= 11 is 0. The van der Waals surface area contributed by atoms with Gasteiger partial charge in [0.2, 0.25) is 5.91 Å². The Morgan fingerprint density at radius 2 is 0.627 bits per heavy atom. The Kier molecular flexibility index (Phi) is 58.6. The molecule has 598 valence electrons. The van der Waals surface area contributed by atoms with Gasteiger partial charge in [0.1, 0.15) is 73.2 Å². The predicted molar refractivity (Wildman–Crippen MR) is 406 cm³/mol. The van der Waals surface area contributed by atoms with Gasteiger partial charge in [0, 0.05) is 6.42 Å². The number of nitrogens with one attached hydrogen (secondary N) is 1. The molecular weight excluding hydrogens is 1300 g/mol. The summed E-state index contributed by atoms with van der Waals surface area (Å²) in [5.74, 6) is -0.284. The summed E-state index contributed by atoms with van der Waals surface area (Å²) in [6, 6.07) is -0.998. The average molecular weight is 1450 g/mol. The molecule has 3 heterocycles. The number of rotatable bonds is 67. The first-order valence-electron chi connectivity index (χ1n) is 41.9. The van der Waals surface area contributed by atoms with Crippen molar-refractivity contribution in [1.29, 1.82) is 0 Å². The van der Waals surface area contributed by atoms with E-state index in [9.17, 15) is 61.0 Å². The minimum absolute atomic E-state index is 0.235. The molecule has 12 N–H and O–H groups in total. The van der Waals surface area contributed by atoms with Gasteiger partial charge in [0.15, 0.2) is 18.9 Å². The van der Waals surface area contributed by atoms with Crippen LogP contribution in [-0.2, 0) is 33.2 Å². The number of hydrogen-bond acceptors (Lipinski definition) is 18. The van der Waals surface area contributed by atoms with Crippen LogP contribution < -0.4 is 5.32 Å². The van der Waals surface area contributed by atoms with Crippen molar-refractivity contribution in [2.75, 3.05) is 26.4 Å². The number of hydrogen-bond donors (Lipinski definition) is 12. The van der Waals surface area contributed by atoms with Gasteiger partial charge in [-0.1, -0.05) is 313 Å². The van der Waals surface area contributed by atoms with E-state index in [2.05, 4.69) is 55.6 Å². The molecule has 3 aliphatic rings. The molecule has 0 aromatic carbocycles. The van der Waals surface area contributed by atoms with E-state index in [1.165, 1.54) is 263 Å². The third-order valence-corrected chi connectivity index (χ3v) is 20.8. The zero-order valence-corrected chi connectivity index (χ0v) is 64.1. The fourth-order valence-electron chi connectivity index (χ4n) is 14.1. The van der Waals surface area contributed by atoms with Crippen LogP contribution in [0.2, 0.25) is 0 Å². The maximum absolute atomic E-state index is 13.5. The van der Waals surface area contributed by atoms with Gasteiger partial charge >= 0.3 is 0 Å². The Labute approximate surface area is 618 Å². The van der Waals surface area contributed by atoms with E-state index < -0.39 is 124 Å². The van der Waals surface area contributed by atoms with Gasteiger partial charge in [-0.3, -0.25) is 4.79 Å². The first-order chi connectivity index (χ1) is 49.8. The third kappa shape index (κ3) is 43.1. The minimum atomic E-state index is -1.98. The second kappa shape index (κ2) is 63.7. The highest BCUT2D eigenvalue weighted by atomic mass is 16.8. The number of allylic oxidation sites excluding steroid dienone is 7. The van der Waals surface area contributed by atoms with Gasteiger partial charge < -0.3 is 89.9 Å². The van der Waals surface area contributed by atoms with Crippen molar-refractivity contribution in [3.63, 3.8) is 0 Å². The second-order valence-corrected chi connectivity index (χ2v) is 29.9. The monoisotopic (exact) mass is 1450 g/mol. The Hall–Kier alpha value is -2.25. The van der Waals surface area contributed by atoms with E-state index in [1.807, 2.05) is 6.08 Å². The molecule has 17 unspecified atom stereocenters. The van der Waals surface area contributed by atoms with Crippen LogP contribution in [0, 0.1) is 0 Å². The van der Waals surface area contributed by atoms with Gasteiger partial charge in [-0.05, 0) is 70.6 Å². The van der Waals surface area contributed by atoms with E-state index in [-0.39, 0.29) is 18.9 Å². The predicted octanol–water partition coefficient (Wildman–Crippen LogP) is 14.5. The SMILES string of the molecule is CCCCCCCCCC/C=C\CCCCCCCCCCCCCCCCCCCCCC(=O)NC(COC1OC(CO)C(OC2OC(CO)C(OC3OC(CO)C(O)C(O)C3O)C(O)C2O)C(O)C1O)C(O)/C=C/CC/C=C/CC/C=C/CCCCCCCCCCCCCCCCCC.